The van der Waals surface area contributed by atoms with Crippen molar-refractivity contribution in [1.29, 1.82) is 0 Å². The third kappa shape index (κ3) is 5.99. The zero-order chi connectivity index (χ0) is 27.0. The maximum Gasteiger partial charge on any atom is 0.415 e. The zero-order valence-electron chi connectivity index (χ0n) is 21.6. The van der Waals surface area contributed by atoms with Gasteiger partial charge in [0.05, 0.1) is 5.52 Å². The number of fused-ring (bicyclic) bond motifs is 1. The molecule has 5 nitrogen and oxygen atoms in total. The summed E-state index contributed by atoms with van der Waals surface area (Å²) in [7, 11) is 0. The molecule has 5 aromatic rings. The molecule has 0 radical (unpaired) electrons. The third-order valence-corrected chi connectivity index (χ3v) is 7.00. The van der Waals surface area contributed by atoms with Gasteiger partial charge in [0.1, 0.15) is 0 Å². The van der Waals surface area contributed by atoms with Crippen molar-refractivity contribution in [3.05, 3.63) is 150 Å². The largest absolute Gasteiger partial charge is 0.464 e. The third-order valence-electron chi connectivity index (χ3n) is 7.00. The van der Waals surface area contributed by atoms with Gasteiger partial charge < -0.3 is 10.0 Å². The van der Waals surface area contributed by atoms with Crippen molar-refractivity contribution in [2.24, 2.45) is 0 Å². The van der Waals surface area contributed by atoms with Gasteiger partial charge in [0.25, 0.3) is 5.91 Å². The van der Waals surface area contributed by atoms with E-state index in [1.807, 2.05) is 71.6 Å². The lowest BCUT2D eigenvalue weighted by atomic mass is 9.88. The van der Waals surface area contributed by atoms with Gasteiger partial charge in [-0.05, 0) is 47.4 Å². The van der Waals surface area contributed by atoms with Gasteiger partial charge in [-0.3, -0.25) is 9.36 Å². The van der Waals surface area contributed by atoms with Gasteiger partial charge in [0.15, 0.2) is 0 Å². The van der Waals surface area contributed by atoms with Crippen LogP contribution in [0, 0.1) is 0 Å². The van der Waals surface area contributed by atoms with Crippen LogP contribution < -0.4 is 0 Å². The van der Waals surface area contributed by atoms with E-state index < -0.39 is 6.09 Å². The molecule has 0 fully saturated rings. The van der Waals surface area contributed by atoms with Gasteiger partial charge in [-0.15, -0.1) is 0 Å². The van der Waals surface area contributed by atoms with Crippen molar-refractivity contribution in [2.75, 3.05) is 13.1 Å². The lowest BCUT2D eigenvalue weighted by Crippen LogP contribution is -2.33. The second-order valence-electron chi connectivity index (χ2n) is 9.43. The molecular formula is C34H30N2O3. The molecule has 1 aromatic heterocycles. The topological polar surface area (TPSA) is 62.5 Å². The fraction of sp³-hybridized carbons (Fsp3) is 0.118. The zero-order valence-corrected chi connectivity index (χ0v) is 21.6. The molecule has 1 amide bonds. The lowest BCUT2D eigenvalue weighted by Gasteiger charge is -2.25. The second kappa shape index (κ2) is 12.1. The van der Waals surface area contributed by atoms with Crippen LogP contribution in [0.4, 0.5) is 4.79 Å². The van der Waals surface area contributed by atoms with E-state index in [0.29, 0.717) is 24.2 Å². The molecule has 0 bridgehead atoms. The molecule has 0 unspecified atom stereocenters. The number of carbonyl (C=O) groups is 2. The van der Waals surface area contributed by atoms with E-state index in [2.05, 4.69) is 48.5 Å². The minimum Gasteiger partial charge on any atom is -0.464 e. The van der Waals surface area contributed by atoms with Crippen molar-refractivity contribution >= 4 is 29.0 Å². The van der Waals surface area contributed by atoms with Crippen LogP contribution in [0.2, 0.25) is 0 Å². The number of hydrogen-bond acceptors (Lipinski definition) is 2. The maximum atomic E-state index is 13.6. The minimum atomic E-state index is -1.02. The van der Waals surface area contributed by atoms with E-state index in [1.165, 1.54) is 15.7 Å². The van der Waals surface area contributed by atoms with Crippen molar-refractivity contribution in [3.8, 4) is 0 Å². The Morgan fingerprint density at radius 1 is 0.769 bits per heavy atom. The molecule has 5 heteroatoms. The quantitative estimate of drug-likeness (QED) is 0.221. The van der Waals surface area contributed by atoms with Crippen LogP contribution in [-0.2, 0) is 0 Å². The van der Waals surface area contributed by atoms with Crippen molar-refractivity contribution in [2.45, 2.75) is 12.3 Å². The second-order valence-corrected chi connectivity index (χ2v) is 9.43. The normalized spacial score (nSPS) is 11.3. The standard InChI is InChI=1S/C34H30N2O3/c37-33(29-16-8-3-9-17-29)35(23-11-19-28-18-10-20-32-31(28)22-25-36(32)34(38)39)24-21-30(26-12-4-1-5-13-26)27-14-6-2-7-15-27/h1-20,22,25,30H,21,23-24H2,(H,38,39)/b19-11+. The summed E-state index contributed by atoms with van der Waals surface area (Å²) in [4.78, 5) is 27.0. The SMILES string of the molecule is O=C(c1ccccc1)N(C/C=C/c1cccc2c1ccn2C(=O)O)CCC(c1ccccc1)c1ccccc1. The molecule has 0 aliphatic carbocycles. The van der Waals surface area contributed by atoms with Crippen LogP contribution in [0.5, 0.6) is 0 Å². The van der Waals surface area contributed by atoms with Gasteiger partial charge in [-0.25, -0.2) is 4.79 Å². The molecule has 0 aliphatic rings. The summed E-state index contributed by atoms with van der Waals surface area (Å²) in [5.41, 5.74) is 4.64. The van der Waals surface area contributed by atoms with Crippen LogP contribution in [0.15, 0.2) is 128 Å². The van der Waals surface area contributed by atoms with Crippen molar-refractivity contribution in [3.63, 3.8) is 0 Å². The van der Waals surface area contributed by atoms with Gasteiger partial charge in [0, 0.05) is 36.2 Å². The molecule has 0 spiro atoms. The molecule has 39 heavy (non-hydrogen) atoms. The van der Waals surface area contributed by atoms with Gasteiger partial charge in [0.2, 0.25) is 0 Å². The summed E-state index contributed by atoms with van der Waals surface area (Å²) in [5, 5.41) is 10.3. The highest BCUT2D eigenvalue weighted by molar-refractivity contribution is 5.95. The highest BCUT2D eigenvalue weighted by Gasteiger charge is 2.19. The monoisotopic (exact) mass is 514 g/mol. The summed E-state index contributed by atoms with van der Waals surface area (Å²) in [6, 6.07) is 37.6. The van der Waals surface area contributed by atoms with Gasteiger partial charge in [-0.2, -0.15) is 0 Å². The number of amides is 1. The Hall–Kier alpha value is -4.90. The Morgan fingerprint density at radius 2 is 1.38 bits per heavy atom. The summed E-state index contributed by atoms with van der Waals surface area (Å²) in [6.45, 7) is 1.01. The summed E-state index contributed by atoms with van der Waals surface area (Å²) >= 11 is 0. The van der Waals surface area contributed by atoms with Crippen LogP contribution in [-0.4, -0.2) is 39.7 Å². The van der Waals surface area contributed by atoms with E-state index in [1.54, 1.807) is 18.3 Å². The van der Waals surface area contributed by atoms with Crippen LogP contribution >= 0.6 is 0 Å². The Balaban J connectivity index is 1.40. The predicted octanol–water partition coefficient (Wildman–Crippen LogP) is 7.55. The Bertz CT molecular complexity index is 1540. The van der Waals surface area contributed by atoms with E-state index in [0.717, 1.165) is 17.4 Å². The number of benzene rings is 4. The molecule has 0 saturated carbocycles. The fourth-order valence-electron chi connectivity index (χ4n) is 5.03. The molecule has 0 atom stereocenters. The van der Waals surface area contributed by atoms with Crippen molar-refractivity contribution < 1.29 is 14.7 Å². The van der Waals surface area contributed by atoms with Gasteiger partial charge in [-0.1, -0.05) is 103 Å². The van der Waals surface area contributed by atoms with Crippen LogP contribution in [0.3, 0.4) is 0 Å². The Morgan fingerprint density at radius 3 is 2.00 bits per heavy atom. The number of carbonyl (C=O) groups excluding carboxylic acids is 1. The molecule has 1 heterocycles. The highest BCUT2D eigenvalue weighted by Crippen LogP contribution is 2.28. The molecule has 1 N–H and O–H groups in total. The summed E-state index contributed by atoms with van der Waals surface area (Å²) in [6.07, 6.45) is 5.26. The van der Waals surface area contributed by atoms with E-state index in [9.17, 15) is 14.7 Å². The molecule has 194 valence electrons. The first kappa shape index (κ1) is 25.7. The average Bonchev–Trinajstić information content (AvgIpc) is 3.43. The van der Waals surface area contributed by atoms with Crippen LogP contribution in [0.25, 0.3) is 17.0 Å². The first-order valence-corrected chi connectivity index (χ1v) is 13.1. The number of nitrogens with zero attached hydrogens (tertiary/aromatic N) is 2. The van der Waals surface area contributed by atoms with E-state index >= 15 is 0 Å². The van der Waals surface area contributed by atoms with Gasteiger partial charge >= 0.3 is 6.09 Å². The predicted molar refractivity (Wildman–Crippen MR) is 156 cm³/mol. The fourth-order valence-corrected chi connectivity index (χ4v) is 5.03. The summed E-state index contributed by atoms with van der Waals surface area (Å²) < 4.78 is 1.21. The number of carboxylic acid groups (broad SMARTS) is 1. The minimum absolute atomic E-state index is 0.0182. The number of aromatic nitrogens is 1. The molecule has 0 saturated heterocycles. The molecule has 0 aliphatic heterocycles. The van der Waals surface area contributed by atoms with Crippen LogP contribution in [0.1, 0.15) is 39.4 Å². The number of hydrogen-bond donors (Lipinski definition) is 1. The molecule has 4 aromatic carbocycles. The first-order valence-electron chi connectivity index (χ1n) is 13.1. The average molecular weight is 515 g/mol. The Labute approximate surface area is 228 Å². The number of rotatable bonds is 9. The maximum absolute atomic E-state index is 13.6. The highest BCUT2D eigenvalue weighted by atomic mass is 16.4. The van der Waals surface area contributed by atoms with Crippen molar-refractivity contribution in [1.82, 2.24) is 9.47 Å². The molecule has 5 rings (SSSR count). The molecular weight excluding hydrogens is 484 g/mol. The summed E-state index contributed by atoms with van der Waals surface area (Å²) in [5.74, 6) is 0.141. The first-order chi connectivity index (χ1) is 19.1. The smallest absolute Gasteiger partial charge is 0.415 e. The van der Waals surface area contributed by atoms with E-state index in [-0.39, 0.29) is 11.8 Å². The Kier molecular flexibility index (Phi) is 7.98. The lowest BCUT2D eigenvalue weighted by molar-refractivity contribution is 0.0770. The van der Waals surface area contributed by atoms with E-state index in [4.69, 9.17) is 0 Å².